The Morgan fingerprint density at radius 1 is 1.22 bits per heavy atom. The smallest absolute Gasteiger partial charge is 0.338 e. The number of carbonyl (C=O) groups excluding carboxylic acids is 3. The number of halogens is 2. The number of rotatable bonds is 6. The van der Waals surface area contributed by atoms with Gasteiger partial charge in [0.2, 0.25) is 5.91 Å². The number of esters is 1. The van der Waals surface area contributed by atoms with Gasteiger partial charge in [0, 0.05) is 14.1 Å². The van der Waals surface area contributed by atoms with Crippen LogP contribution >= 0.6 is 23.2 Å². The van der Waals surface area contributed by atoms with Crippen molar-refractivity contribution in [3.63, 3.8) is 0 Å². The van der Waals surface area contributed by atoms with Crippen LogP contribution in [0.3, 0.4) is 0 Å². The summed E-state index contributed by atoms with van der Waals surface area (Å²) in [6.07, 6.45) is 0. The molecule has 9 heteroatoms. The first-order valence-corrected chi connectivity index (χ1v) is 7.20. The molecule has 0 aliphatic heterocycles. The minimum atomic E-state index is -0.766. The number of hydrogen-bond donors (Lipinski definition) is 1. The highest BCUT2D eigenvalue weighted by atomic mass is 35.5. The van der Waals surface area contributed by atoms with Crippen LogP contribution in [-0.2, 0) is 14.3 Å². The molecule has 2 amide bonds. The minimum Gasteiger partial charge on any atom is -0.494 e. The van der Waals surface area contributed by atoms with Crippen molar-refractivity contribution in [2.24, 2.45) is 0 Å². The Morgan fingerprint density at radius 2 is 1.78 bits per heavy atom. The third-order valence-corrected chi connectivity index (χ3v) is 3.41. The second kappa shape index (κ2) is 8.59. The van der Waals surface area contributed by atoms with Gasteiger partial charge in [0.1, 0.15) is 0 Å². The van der Waals surface area contributed by atoms with Crippen molar-refractivity contribution in [2.45, 2.75) is 0 Å². The van der Waals surface area contributed by atoms with E-state index in [0.29, 0.717) is 0 Å². The summed E-state index contributed by atoms with van der Waals surface area (Å²) in [5.74, 6) is -1.38. The molecule has 126 valence electrons. The van der Waals surface area contributed by atoms with E-state index < -0.39 is 18.5 Å². The number of nitrogens with one attached hydrogen (secondary N) is 1. The standard InChI is InChI=1S/C14H16Cl2N2O5/c1-17-11(19)6-18(2)12(20)7-23-14(21)8-4-9(15)13(22-3)10(16)5-8/h4-5H,6-7H2,1-3H3,(H,17,19). The lowest BCUT2D eigenvalue weighted by Crippen LogP contribution is -2.39. The molecular weight excluding hydrogens is 347 g/mol. The van der Waals surface area contributed by atoms with E-state index in [9.17, 15) is 14.4 Å². The molecule has 0 radical (unpaired) electrons. The van der Waals surface area contributed by atoms with E-state index in [0.717, 1.165) is 4.90 Å². The molecule has 0 spiro atoms. The summed E-state index contributed by atoms with van der Waals surface area (Å²) < 4.78 is 9.86. The van der Waals surface area contributed by atoms with Crippen molar-refractivity contribution in [1.82, 2.24) is 10.2 Å². The predicted molar refractivity (Wildman–Crippen MR) is 85.0 cm³/mol. The average Bonchev–Trinajstić information content (AvgIpc) is 2.51. The highest BCUT2D eigenvalue weighted by Gasteiger charge is 2.18. The Kier molecular flexibility index (Phi) is 7.12. The van der Waals surface area contributed by atoms with E-state index >= 15 is 0 Å². The summed E-state index contributed by atoms with van der Waals surface area (Å²) in [5, 5.41) is 2.68. The lowest BCUT2D eigenvalue weighted by Gasteiger charge is -2.16. The summed E-state index contributed by atoms with van der Waals surface area (Å²) in [7, 11) is 4.27. The highest BCUT2D eigenvalue weighted by Crippen LogP contribution is 2.33. The van der Waals surface area contributed by atoms with Crippen LogP contribution < -0.4 is 10.1 Å². The Balaban J connectivity index is 2.67. The number of carbonyl (C=O) groups is 3. The second-order valence-electron chi connectivity index (χ2n) is 4.47. The first kappa shape index (κ1) is 19.1. The molecule has 0 aliphatic rings. The first-order chi connectivity index (χ1) is 10.8. The van der Waals surface area contributed by atoms with Gasteiger partial charge in [-0.3, -0.25) is 9.59 Å². The second-order valence-corrected chi connectivity index (χ2v) is 5.29. The van der Waals surface area contributed by atoms with Crippen molar-refractivity contribution in [2.75, 3.05) is 34.4 Å². The SMILES string of the molecule is CNC(=O)CN(C)C(=O)COC(=O)c1cc(Cl)c(OC)c(Cl)c1. The van der Waals surface area contributed by atoms with Crippen molar-refractivity contribution in [3.05, 3.63) is 27.7 Å². The van der Waals surface area contributed by atoms with Gasteiger partial charge in [-0.15, -0.1) is 0 Å². The third-order valence-electron chi connectivity index (χ3n) is 2.85. The summed E-state index contributed by atoms with van der Waals surface area (Å²) in [4.78, 5) is 36.0. The fourth-order valence-corrected chi connectivity index (χ4v) is 2.22. The van der Waals surface area contributed by atoms with Gasteiger partial charge in [-0.05, 0) is 12.1 Å². The quantitative estimate of drug-likeness (QED) is 0.772. The van der Waals surface area contributed by atoms with Crippen molar-refractivity contribution < 1.29 is 23.9 Å². The van der Waals surface area contributed by atoms with Gasteiger partial charge >= 0.3 is 5.97 Å². The molecule has 1 rings (SSSR count). The zero-order valence-electron chi connectivity index (χ0n) is 12.8. The fourth-order valence-electron chi connectivity index (χ4n) is 1.58. The van der Waals surface area contributed by atoms with E-state index in [1.54, 1.807) is 0 Å². The fraction of sp³-hybridized carbons (Fsp3) is 0.357. The van der Waals surface area contributed by atoms with E-state index in [1.165, 1.54) is 33.3 Å². The number of nitrogens with zero attached hydrogens (tertiary/aromatic N) is 1. The Hall–Kier alpha value is -1.99. The van der Waals surface area contributed by atoms with Gasteiger partial charge in [0.25, 0.3) is 5.91 Å². The largest absolute Gasteiger partial charge is 0.494 e. The molecular formula is C14H16Cl2N2O5. The number of amides is 2. The molecule has 7 nitrogen and oxygen atoms in total. The first-order valence-electron chi connectivity index (χ1n) is 6.44. The maximum Gasteiger partial charge on any atom is 0.338 e. The van der Waals surface area contributed by atoms with E-state index in [-0.39, 0.29) is 33.8 Å². The summed E-state index contributed by atoms with van der Waals surface area (Å²) in [6.45, 7) is -0.638. The molecule has 0 aromatic heterocycles. The van der Waals surface area contributed by atoms with Gasteiger partial charge in [-0.25, -0.2) is 4.79 Å². The van der Waals surface area contributed by atoms with Crippen LogP contribution in [0.4, 0.5) is 0 Å². The number of ether oxygens (including phenoxy) is 2. The highest BCUT2D eigenvalue weighted by molar-refractivity contribution is 6.37. The predicted octanol–water partition coefficient (Wildman–Crippen LogP) is 1.36. The third kappa shape index (κ3) is 5.30. The molecule has 0 heterocycles. The molecule has 0 bridgehead atoms. The van der Waals surface area contributed by atoms with Crippen LogP contribution in [0.15, 0.2) is 12.1 Å². The Labute approximate surface area is 143 Å². The maximum absolute atomic E-state index is 11.9. The van der Waals surface area contributed by atoms with Gasteiger partial charge in [0.05, 0.1) is 29.3 Å². The van der Waals surface area contributed by atoms with E-state index in [2.05, 4.69) is 5.32 Å². The van der Waals surface area contributed by atoms with Crippen LogP contribution in [0.2, 0.25) is 10.0 Å². The molecule has 0 saturated heterocycles. The number of likely N-dealkylation sites (N-methyl/N-ethyl adjacent to an activating group) is 2. The number of methoxy groups -OCH3 is 1. The van der Waals surface area contributed by atoms with Crippen LogP contribution in [0.1, 0.15) is 10.4 Å². The molecule has 0 atom stereocenters. The molecule has 1 N–H and O–H groups in total. The number of hydrogen-bond acceptors (Lipinski definition) is 5. The molecule has 0 fully saturated rings. The van der Waals surface area contributed by atoms with Gasteiger partial charge in [0.15, 0.2) is 12.4 Å². The van der Waals surface area contributed by atoms with Crippen LogP contribution in [0.25, 0.3) is 0 Å². The van der Waals surface area contributed by atoms with Gasteiger partial charge < -0.3 is 19.7 Å². The zero-order valence-corrected chi connectivity index (χ0v) is 14.3. The normalized spacial score (nSPS) is 9.96. The zero-order chi connectivity index (χ0) is 17.6. The molecule has 0 unspecified atom stereocenters. The van der Waals surface area contributed by atoms with Gasteiger partial charge in [-0.1, -0.05) is 23.2 Å². The lowest BCUT2D eigenvalue weighted by molar-refractivity contribution is -0.137. The van der Waals surface area contributed by atoms with E-state index in [4.69, 9.17) is 32.7 Å². The molecule has 23 heavy (non-hydrogen) atoms. The Bertz CT molecular complexity index is 598. The lowest BCUT2D eigenvalue weighted by atomic mass is 10.2. The van der Waals surface area contributed by atoms with Crippen molar-refractivity contribution in [3.8, 4) is 5.75 Å². The van der Waals surface area contributed by atoms with Crippen molar-refractivity contribution in [1.29, 1.82) is 0 Å². The topological polar surface area (TPSA) is 84.9 Å². The summed E-state index contributed by atoms with van der Waals surface area (Å²) in [6, 6.07) is 2.65. The van der Waals surface area contributed by atoms with Crippen molar-refractivity contribution >= 4 is 41.0 Å². The summed E-state index contributed by atoms with van der Waals surface area (Å²) in [5.41, 5.74) is 0.0857. The van der Waals surface area contributed by atoms with Crippen LogP contribution in [-0.4, -0.2) is 57.0 Å². The summed E-state index contributed by atoms with van der Waals surface area (Å²) >= 11 is 11.9. The van der Waals surface area contributed by atoms with E-state index in [1.807, 2.05) is 0 Å². The maximum atomic E-state index is 11.9. The molecule has 0 saturated carbocycles. The molecule has 1 aromatic rings. The monoisotopic (exact) mass is 362 g/mol. The van der Waals surface area contributed by atoms with Gasteiger partial charge in [-0.2, -0.15) is 0 Å². The average molecular weight is 363 g/mol. The molecule has 0 aliphatic carbocycles. The molecule has 1 aromatic carbocycles. The number of benzene rings is 1. The minimum absolute atomic E-state index is 0.0857. The Morgan fingerprint density at radius 3 is 2.26 bits per heavy atom. The van der Waals surface area contributed by atoms with Crippen LogP contribution in [0, 0.1) is 0 Å². The van der Waals surface area contributed by atoms with Crippen LogP contribution in [0.5, 0.6) is 5.75 Å².